The molecule has 27 heavy (non-hydrogen) atoms. The number of rotatable bonds is 4. The molecule has 2 aliphatic heterocycles. The number of hydrogen-bond donors (Lipinski definition) is 0. The predicted molar refractivity (Wildman–Crippen MR) is 105 cm³/mol. The van der Waals surface area contributed by atoms with Gasteiger partial charge in [-0.25, -0.2) is 0 Å². The van der Waals surface area contributed by atoms with Gasteiger partial charge in [-0.3, -0.25) is 19.3 Å². The number of hydrogen-bond acceptors (Lipinski definition) is 4. The second kappa shape index (κ2) is 8.23. The maximum Gasteiger partial charge on any atom is 0.272 e. The number of aryl methyl sites for hydroxylation is 1. The summed E-state index contributed by atoms with van der Waals surface area (Å²) >= 11 is 0. The third-order valence-electron chi connectivity index (χ3n) is 5.96. The molecule has 2 fully saturated rings. The average Bonchev–Trinajstić information content (AvgIpc) is 3.15. The van der Waals surface area contributed by atoms with Crippen molar-refractivity contribution in [1.82, 2.24) is 24.5 Å². The molecule has 0 spiro atoms. The largest absolute Gasteiger partial charge is 0.337 e. The van der Waals surface area contributed by atoms with Crippen LogP contribution in [-0.4, -0.2) is 75.7 Å². The summed E-state index contributed by atoms with van der Waals surface area (Å²) in [6.07, 6.45) is 3.83. The number of benzene rings is 1. The Labute approximate surface area is 161 Å². The molecule has 4 rings (SSSR count). The highest BCUT2D eigenvalue weighted by atomic mass is 16.2. The average molecular weight is 367 g/mol. The third-order valence-corrected chi connectivity index (χ3v) is 5.96. The van der Waals surface area contributed by atoms with Crippen molar-refractivity contribution >= 4 is 5.91 Å². The van der Waals surface area contributed by atoms with Gasteiger partial charge in [0, 0.05) is 65.1 Å². The van der Waals surface area contributed by atoms with E-state index in [0.717, 1.165) is 58.7 Å². The minimum atomic E-state index is 0.112. The van der Waals surface area contributed by atoms with Crippen LogP contribution in [0, 0.1) is 0 Å². The van der Waals surface area contributed by atoms with E-state index in [1.54, 1.807) is 16.9 Å². The van der Waals surface area contributed by atoms with Gasteiger partial charge in [-0.2, -0.15) is 5.10 Å². The summed E-state index contributed by atoms with van der Waals surface area (Å²) in [7, 11) is 1.83. The maximum absolute atomic E-state index is 12.6. The van der Waals surface area contributed by atoms with Crippen LogP contribution < -0.4 is 0 Å². The SMILES string of the molecule is Cn1nccc1C(=O)N1CCC(N2CCN(Cc3ccccc3)CC2)CC1. The number of amides is 1. The van der Waals surface area contributed by atoms with Crippen molar-refractivity contribution < 1.29 is 4.79 Å². The van der Waals surface area contributed by atoms with Crippen molar-refractivity contribution in [2.75, 3.05) is 39.3 Å². The van der Waals surface area contributed by atoms with Crippen molar-refractivity contribution in [2.24, 2.45) is 7.05 Å². The Morgan fingerprint density at radius 1 is 1.00 bits per heavy atom. The summed E-state index contributed by atoms with van der Waals surface area (Å²) in [4.78, 5) is 19.8. The number of carbonyl (C=O) groups excluding carboxylic acids is 1. The van der Waals surface area contributed by atoms with E-state index in [0.29, 0.717) is 11.7 Å². The normalized spacial score (nSPS) is 20.1. The van der Waals surface area contributed by atoms with Gasteiger partial charge in [0.2, 0.25) is 0 Å². The van der Waals surface area contributed by atoms with E-state index >= 15 is 0 Å². The minimum absolute atomic E-state index is 0.112. The van der Waals surface area contributed by atoms with Gasteiger partial charge in [-0.15, -0.1) is 0 Å². The van der Waals surface area contributed by atoms with Gasteiger partial charge < -0.3 is 4.90 Å². The molecule has 2 aromatic rings. The van der Waals surface area contributed by atoms with Crippen molar-refractivity contribution in [3.8, 4) is 0 Å². The summed E-state index contributed by atoms with van der Waals surface area (Å²) in [6, 6.07) is 13.1. The molecule has 0 N–H and O–H groups in total. The molecule has 0 radical (unpaired) electrons. The number of carbonyl (C=O) groups is 1. The first-order chi connectivity index (χ1) is 13.2. The molecule has 0 bridgehead atoms. The van der Waals surface area contributed by atoms with Crippen LogP contribution in [0.2, 0.25) is 0 Å². The van der Waals surface area contributed by atoms with E-state index in [-0.39, 0.29) is 5.91 Å². The van der Waals surface area contributed by atoms with Crippen molar-refractivity contribution in [3.63, 3.8) is 0 Å². The lowest BCUT2D eigenvalue weighted by Crippen LogP contribution is -2.53. The molecule has 2 saturated heterocycles. The second-order valence-corrected chi connectivity index (χ2v) is 7.66. The molecule has 6 nitrogen and oxygen atoms in total. The number of piperidine rings is 1. The number of aromatic nitrogens is 2. The highest BCUT2D eigenvalue weighted by Gasteiger charge is 2.30. The molecule has 0 unspecified atom stereocenters. The van der Waals surface area contributed by atoms with Gasteiger partial charge in [0.05, 0.1) is 0 Å². The summed E-state index contributed by atoms with van der Waals surface area (Å²) in [5, 5.41) is 4.11. The van der Waals surface area contributed by atoms with Crippen LogP contribution in [0.5, 0.6) is 0 Å². The van der Waals surface area contributed by atoms with Crippen LogP contribution in [0.1, 0.15) is 28.9 Å². The van der Waals surface area contributed by atoms with E-state index in [4.69, 9.17) is 0 Å². The Morgan fingerprint density at radius 3 is 2.33 bits per heavy atom. The maximum atomic E-state index is 12.6. The summed E-state index contributed by atoms with van der Waals surface area (Å²) < 4.78 is 1.67. The van der Waals surface area contributed by atoms with E-state index < -0.39 is 0 Å². The lowest BCUT2D eigenvalue weighted by atomic mass is 10.0. The fourth-order valence-corrected chi connectivity index (χ4v) is 4.31. The molecular formula is C21H29N5O. The number of nitrogens with zero attached hydrogens (tertiary/aromatic N) is 5. The molecule has 1 amide bonds. The van der Waals surface area contributed by atoms with Crippen LogP contribution in [0.4, 0.5) is 0 Å². The van der Waals surface area contributed by atoms with Gasteiger partial charge in [0.15, 0.2) is 0 Å². The fraction of sp³-hybridized carbons (Fsp3) is 0.524. The minimum Gasteiger partial charge on any atom is -0.337 e. The topological polar surface area (TPSA) is 44.6 Å². The Morgan fingerprint density at radius 2 is 1.70 bits per heavy atom. The first-order valence-corrected chi connectivity index (χ1v) is 9.98. The zero-order valence-corrected chi connectivity index (χ0v) is 16.1. The van der Waals surface area contributed by atoms with E-state index in [1.165, 1.54) is 5.56 Å². The zero-order chi connectivity index (χ0) is 18.6. The summed E-state index contributed by atoms with van der Waals surface area (Å²) in [5.41, 5.74) is 2.08. The number of piperazine rings is 1. The molecule has 1 aromatic carbocycles. The first kappa shape index (κ1) is 18.2. The van der Waals surface area contributed by atoms with Crippen LogP contribution in [0.15, 0.2) is 42.6 Å². The van der Waals surface area contributed by atoms with Crippen molar-refractivity contribution in [3.05, 3.63) is 53.9 Å². The monoisotopic (exact) mass is 367 g/mol. The van der Waals surface area contributed by atoms with Crippen molar-refractivity contribution in [1.29, 1.82) is 0 Å². The molecular weight excluding hydrogens is 338 g/mol. The first-order valence-electron chi connectivity index (χ1n) is 9.98. The molecule has 2 aliphatic rings. The van der Waals surface area contributed by atoms with Crippen molar-refractivity contribution in [2.45, 2.75) is 25.4 Å². The third kappa shape index (κ3) is 4.22. The summed E-state index contributed by atoms with van der Waals surface area (Å²) in [6.45, 7) is 7.26. The Hall–Kier alpha value is -2.18. The fourth-order valence-electron chi connectivity index (χ4n) is 4.31. The quantitative estimate of drug-likeness (QED) is 0.827. The van der Waals surface area contributed by atoms with E-state index in [9.17, 15) is 4.79 Å². The van der Waals surface area contributed by atoms with E-state index in [2.05, 4.69) is 45.2 Å². The van der Waals surface area contributed by atoms with Gasteiger partial charge in [-0.1, -0.05) is 30.3 Å². The Balaban J connectivity index is 1.24. The number of likely N-dealkylation sites (tertiary alicyclic amines) is 1. The highest BCUT2D eigenvalue weighted by Crippen LogP contribution is 2.20. The lowest BCUT2D eigenvalue weighted by molar-refractivity contribution is 0.0462. The zero-order valence-electron chi connectivity index (χ0n) is 16.1. The second-order valence-electron chi connectivity index (χ2n) is 7.66. The van der Waals surface area contributed by atoms with Crippen LogP contribution in [0.3, 0.4) is 0 Å². The van der Waals surface area contributed by atoms with Gasteiger partial charge in [0.1, 0.15) is 5.69 Å². The lowest BCUT2D eigenvalue weighted by Gasteiger charge is -2.42. The smallest absolute Gasteiger partial charge is 0.272 e. The Kier molecular flexibility index (Phi) is 5.55. The molecule has 144 valence electrons. The van der Waals surface area contributed by atoms with Gasteiger partial charge in [-0.05, 0) is 24.5 Å². The highest BCUT2D eigenvalue weighted by molar-refractivity contribution is 5.92. The molecule has 6 heteroatoms. The predicted octanol–water partition coefficient (Wildman–Crippen LogP) is 1.84. The summed E-state index contributed by atoms with van der Waals surface area (Å²) in [5.74, 6) is 0.112. The van der Waals surface area contributed by atoms with E-state index in [1.807, 2.05) is 11.9 Å². The van der Waals surface area contributed by atoms with Crippen LogP contribution >= 0.6 is 0 Å². The van der Waals surface area contributed by atoms with Gasteiger partial charge in [0.25, 0.3) is 5.91 Å². The molecule has 1 aromatic heterocycles. The molecule has 0 atom stereocenters. The Bertz CT molecular complexity index is 743. The van der Waals surface area contributed by atoms with Crippen LogP contribution in [0.25, 0.3) is 0 Å². The molecule has 0 aliphatic carbocycles. The standard InChI is InChI=1S/C21H29N5O/c1-23-20(7-10-22-23)21(27)26-11-8-19(9-12-26)25-15-13-24(14-16-25)17-18-5-3-2-4-6-18/h2-7,10,19H,8-9,11-17H2,1H3. The molecule has 0 saturated carbocycles. The molecule has 3 heterocycles. The van der Waals surface area contributed by atoms with Crippen LogP contribution in [-0.2, 0) is 13.6 Å². The van der Waals surface area contributed by atoms with Gasteiger partial charge >= 0.3 is 0 Å².